The van der Waals surface area contributed by atoms with Crippen molar-refractivity contribution in [3.8, 4) is 0 Å². The predicted molar refractivity (Wildman–Crippen MR) is 113 cm³/mol. The first-order chi connectivity index (χ1) is 14.4. The first kappa shape index (κ1) is 22.0. The van der Waals surface area contributed by atoms with E-state index in [-0.39, 0.29) is 41.5 Å². The Morgan fingerprint density at radius 3 is 2.43 bits per heavy atom. The average Bonchev–Trinajstić information content (AvgIpc) is 3.29. The topological polar surface area (TPSA) is 109 Å². The van der Waals surface area contributed by atoms with Crippen molar-refractivity contribution in [3.05, 3.63) is 48.4 Å². The number of anilines is 1. The molecule has 0 atom stereocenters. The Morgan fingerprint density at radius 2 is 1.80 bits per heavy atom. The van der Waals surface area contributed by atoms with Crippen LogP contribution in [0.3, 0.4) is 0 Å². The molecular weight excluding hydrogens is 406 g/mol. The van der Waals surface area contributed by atoms with Gasteiger partial charge in [0.2, 0.25) is 15.9 Å². The molecule has 0 radical (unpaired) electrons. The van der Waals surface area contributed by atoms with E-state index in [0.29, 0.717) is 5.69 Å². The van der Waals surface area contributed by atoms with Gasteiger partial charge in [-0.05, 0) is 49.2 Å². The minimum absolute atomic E-state index is 0.0412. The van der Waals surface area contributed by atoms with Gasteiger partial charge in [-0.3, -0.25) is 9.59 Å². The molecule has 2 amide bonds. The second-order valence-electron chi connectivity index (χ2n) is 7.37. The summed E-state index contributed by atoms with van der Waals surface area (Å²) >= 11 is 0. The number of carbonyl (C=O) groups is 2. The monoisotopic (exact) mass is 433 g/mol. The van der Waals surface area contributed by atoms with E-state index in [9.17, 15) is 18.0 Å². The van der Waals surface area contributed by atoms with E-state index in [4.69, 9.17) is 4.42 Å². The number of nitrogens with zero attached hydrogens (tertiary/aromatic N) is 1. The van der Waals surface area contributed by atoms with E-state index >= 15 is 0 Å². The second-order valence-corrected chi connectivity index (χ2v) is 9.37. The van der Waals surface area contributed by atoms with Crippen LogP contribution in [-0.2, 0) is 14.8 Å². The first-order valence-corrected chi connectivity index (χ1v) is 11.5. The Hall–Kier alpha value is -2.65. The van der Waals surface area contributed by atoms with E-state index in [1.807, 2.05) is 0 Å². The van der Waals surface area contributed by atoms with E-state index in [2.05, 4.69) is 10.6 Å². The zero-order valence-corrected chi connectivity index (χ0v) is 17.8. The number of amides is 2. The van der Waals surface area contributed by atoms with Gasteiger partial charge < -0.3 is 15.1 Å². The van der Waals surface area contributed by atoms with Crippen LogP contribution in [-0.4, -0.2) is 44.2 Å². The normalized spacial score (nSPS) is 15.1. The number of sulfonamides is 1. The lowest BCUT2D eigenvalue weighted by molar-refractivity contribution is -0.116. The molecule has 0 unspecified atom stereocenters. The first-order valence-electron chi connectivity index (χ1n) is 10.1. The summed E-state index contributed by atoms with van der Waals surface area (Å²) in [7, 11) is -1.93. The van der Waals surface area contributed by atoms with Gasteiger partial charge in [-0.2, -0.15) is 4.31 Å². The summed E-state index contributed by atoms with van der Waals surface area (Å²) in [6.45, 7) is 0.157. The third kappa shape index (κ3) is 5.48. The maximum absolute atomic E-state index is 12.9. The molecule has 0 bridgehead atoms. The van der Waals surface area contributed by atoms with Gasteiger partial charge in [0, 0.05) is 31.7 Å². The van der Waals surface area contributed by atoms with Gasteiger partial charge in [0.05, 0.1) is 11.2 Å². The standard InChI is InChI=1S/C21H27N3O5S/c1-24(17-6-3-2-4-7-17)30(27,28)18-11-9-16(10-12-18)23-20(25)13-14-22-21(26)19-8-5-15-29-19/h5,8-12,15,17H,2-4,6-7,13-14H2,1H3,(H,22,26)(H,23,25). The average molecular weight is 434 g/mol. The number of carbonyl (C=O) groups excluding carboxylic acids is 2. The third-order valence-corrected chi connectivity index (χ3v) is 7.21. The Bertz CT molecular complexity index is 949. The van der Waals surface area contributed by atoms with Crippen molar-refractivity contribution in [2.24, 2.45) is 0 Å². The van der Waals surface area contributed by atoms with E-state index in [1.165, 1.54) is 28.8 Å². The van der Waals surface area contributed by atoms with Crippen molar-refractivity contribution in [3.63, 3.8) is 0 Å². The highest BCUT2D eigenvalue weighted by Crippen LogP contribution is 2.27. The number of rotatable bonds is 8. The summed E-state index contributed by atoms with van der Waals surface area (Å²) in [6.07, 6.45) is 6.52. The molecule has 1 aromatic carbocycles. The fraction of sp³-hybridized carbons (Fsp3) is 0.429. The number of hydrogen-bond donors (Lipinski definition) is 2. The molecule has 1 fully saturated rings. The molecule has 1 saturated carbocycles. The van der Waals surface area contributed by atoms with Crippen LogP contribution >= 0.6 is 0 Å². The summed E-state index contributed by atoms with van der Waals surface area (Å²) in [4.78, 5) is 24.0. The summed E-state index contributed by atoms with van der Waals surface area (Å²) in [5, 5.41) is 5.30. The lowest BCUT2D eigenvalue weighted by Gasteiger charge is -2.30. The lowest BCUT2D eigenvalue weighted by Crippen LogP contribution is -2.38. The molecule has 9 heteroatoms. The molecule has 162 valence electrons. The third-order valence-electron chi connectivity index (χ3n) is 5.29. The van der Waals surface area contributed by atoms with Gasteiger partial charge in [-0.15, -0.1) is 0 Å². The Kier molecular flexibility index (Phi) is 7.28. The molecule has 0 saturated heterocycles. The fourth-order valence-corrected chi connectivity index (χ4v) is 4.94. The van der Waals surface area contributed by atoms with Crippen LogP contribution in [0.25, 0.3) is 0 Å². The van der Waals surface area contributed by atoms with E-state index in [1.54, 1.807) is 25.2 Å². The molecule has 8 nitrogen and oxygen atoms in total. The van der Waals surface area contributed by atoms with E-state index in [0.717, 1.165) is 32.1 Å². The molecule has 0 aliphatic heterocycles. The van der Waals surface area contributed by atoms with Crippen LogP contribution in [0.5, 0.6) is 0 Å². The van der Waals surface area contributed by atoms with E-state index < -0.39 is 10.0 Å². The van der Waals surface area contributed by atoms with Crippen molar-refractivity contribution in [2.75, 3.05) is 18.9 Å². The zero-order chi connectivity index (χ0) is 21.6. The van der Waals surface area contributed by atoms with Gasteiger partial charge in [-0.1, -0.05) is 19.3 Å². The fourth-order valence-electron chi connectivity index (χ4n) is 3.53. The van der Waals surface area contributed by atoms with Gasteiger partial charge in [0.1, 0.15) is 0 Å². The van der Waals surface area contributed by atoms with Crippen LogP contribution in [0.1, 0.15) is 49.1 Å². The number of furan rings is 1. The molecule has 30 heavy (non-hydrogen) atoms. The second kappa shape index (κ2) is 9.90. The highest BCUT2D eigenvalue weighted by molar-refractivity contribution is 7.89. The molecule has 3 rings (SSSR count). The Labute approximate surface area is 176 Å². The maximum atomic E-state index is 12.9. The minimum Gasteiger partial charge on any atom is -0.459 e. The molecule has 1 aliphatic carbocycles. The van der Waals surface area contributed by atoms with Gasteiger partial charge >= 0.3 is 0 Å². The van der Waals surface area contributed by atoms with Crippen molar-refractivity contribution < 1.29 is 22.4 Å². The summed E-state index contributed by atoms with van der Waals surface area (Å²) in [6, 6.07) is 9.34. The maximum Gasteiger partial charge on any atom is 0.286 e. The Balaban J connectivity index is 1.51. The van der Waals surface area contributed by atoms with Gasteiger partial charge in [0.15, 0.2) is 5.76 Å². The van der Waals surface area contributed by atoms with Gasteiger partial charge in [0.25, 0.3) is 5.91 Å². The molecule has 0 spiro atoms. The highest BCUT2D eigenvalue weighted by Gasteiger charge is 2.28. The van der Waals surface area contributed by atoms with Gasteiger partial charge in [-0.25, -0.2) is 8.42 Å². The largest absolute Gasteiger partial charge is 0.459 e. The van der Waals surface area contributed by atoms with Crippen LogP contribution in [0, 0.1) is 0 Å². The molecule has 2 N–H and O–H groups in total. The van der Waals surface area contributed by atoms with Crippen LogP contribution in [0.15, 0.2) is 52.0 Å². The van der Waals surface area contributed by atoms with Crippen molar-refractivity contribution in [1.82, 2.24) is 9.62 Å². The number of benzene rings is 1. The molecular formula is C21H27N3O5S. The van der Waals surface area contributed by atoms with Crippen LogP contribution in [0.4, 0.5) is 5.69 Å². The van der Waals surface area contributed by atoms with Crippen LogP contribution < -0.4 is 10.6 Å². The van der Waals surface area contributed by atoms with Crippen LogP contribution in [0.2, 0.25) is 0 Å². The smallest absolute Gasteiger partial charge is 0.286 e. The number of nitrogens with one attached hydrogen (secondary N) is 2. The van der Waals surface area contributed by atoms with Crippen molar-refractivity contribution in [1.29, 1.82) is 0 Å². The Morgan fingerprint density at radius 1 is 1.10 bits per heavy atom. The predicted octanol–water partition coefficient (Wildman–Crippen LogP) is 2.99. The van der Waals surface area contributed by atoms with Crippen molar-refractivity contribution >= 4 is 27.5 Å². The zero-order valence-electron chi connectivity index (χ0n) is 17.0. The molecule has 1 aromatic heterocycles. The summed E-state index contributed by atoms with van der Waals surface area (Å²) < 4.78 is 32.2. The lowest BCUT2D eigenvalue weighted by atomic mass is 9.96. The molecule has 1 aliphatic rings. The summed E-state index contributed by atoms with van der Waals surface area (Å²) in [5.74, 6) is -0.487. The molecule has 1 heterocycles. The SMILES string of the molecule is CN(C1CCCCC1)S(=O)(=O)c1ccc(NC(=O)CCNC(=O)c2ccco2)cc1. The molecule has 2 aromatic rings. The number of hydrogen-bond acceptors (Lipinski definition) is 5. The highest BCUT2D eigenvalue weighted by atomic mass is 32.2. The van der Waals surface area contributed by atoms with Crippen molar-refractivity contribution in [2.45, 2.75) is 49.5 Å². The summed E-state index contributed by atoms with van der Waals surface area (Å²) in [5.41, 5.74) is 0.497. The minimum atomic E-state index is -3.56. The quantitative estimate of drug-likeness (QED) is 0.665.